The zero-order valence-electron chi connectivity index (χ0n) is 20.4. The van der Waals surface area contributed by atoms with Crippen LogP contribution >= 0.6 is 0 Å². The van der Waals surface area contributed by atoms with Crippen LogP contribution in [0.4, 0.5) is 11.5 Å². The van der Waals surface area contributed by atoms with Crippen LogP contribution in [0.2, 0.25) is 0 Å². The predicted molar refractivity (Wildman–Crippen MR) is 143 cm³/mol. The quantitative estimate of drug-likeness (QED) is 0.262. The molecule has 1 aliphatic carbocycles. The number of likely N-dealkylation sites (N-methyl/N-ethyl adjacent to an activating group) is 1. The first kappa shape index (κ1) is 23.9. The van der Waals surface area contributed by atoms with Crippen molar-refractivity contribution in [1.29, 1.82) is 0 Å². The lowest BCUT2D eigenvalue weighted by molar-refractivity contribution is 0.587. The maximum Gasteiger partial charge on any atom is 0.208 e. The van der Waals surface area contributed by atoms with Gasteiger partial charge in [-0.3, -0.25) is 0 Å². The molecule has 0 spiro atoms. The molecular formula is C27H27N5O3S. The normalized spacial score (nSPS) is 12.6. The van der Waals surface area contributed by atoms with Crippen molar-refractivity contribution < 1.29 is 12.8 Å². The van der Waals surface area contributed by atoms with Gasteiger partial charge in [-0.1, -0.05) is 30.3 Å². The highest BCUT2D eigenvalue weighted by Gasteiger charge is 2.17. The van der Waals surface area contributed by atoms with Gasteiger partial charge in [-0.05, 0) is 37.6 Å². The number of sulfonamides is 1. The molecule has 0 bridgehead atoms. The minimum absolute atomic E-state index is 0.321. The van der Waals surface area contributed by atoms with Gasteiger partial charge in [0.15, 0.2) is 17.2 Å². The average Bonchev–Trinajstić information content (AvgIpc) is 2.86. The smallest absolute Gasteiger partial charge is 0.208 e. The lowest BCUT2D eigenvalue weighted by Crippen LogP contribution is -2.34. The molecule has 0 atom stereocenters. The first-order valence-electron chi connectivity index (χ1n) is 11.7. The van der Waals surface area contributed by atoms with Gasteiger partial charge in [-0.15, -0.1) is 0 Å². The molecule has 2 heterocycles. The molecule has 0 radical (unpaired) electrons. The number of nitrogens with one attached hydrogen (secondary N) is 1. The highest BCUT2D eigenvalue weighted by Crippen LogP contribution is 2.33. The number of hydrogen-bond acceptors (Lipinski definition) is 7. The molecule has 1 aliphatic heterocycles. The van der Waals surface area contributed by atoms with E-state index in [0.29, 0.717) is 30.3 Å². The van der Waals surface area contributed by atoms with Gasteiger partial charge in [-0.25, -0.2) is 28.1 Å². The van der Waals surface area contributed by atoms with Crippen LogP contribution in [0, 0.1) is 6.92 Å². The van der Waals surface area contributed by atoms with E-state index in [0.717, 1.165) is 51.4 Å². The van der Waals surface area contributed by atoms with Crippen LogP contribution in [0.3, 0.4) is 0 Å². The van der Waals surface area contributed by atoms with Gasteiger partial charge in [0.2, 0.25) is 10.0 Å². The van der Waals surface area contributed by atoms with Crippen molar-refractivity contribution in [3.05, 3.63) is 77.8 Å². The van der Waals surface area contributed by atoms with E-state index >= 15 is 0 Å². The summed E-state index contributed by atoms with van der Waals surface area (Å²) in [5.41, 5.74) is 4.15. The summed E-state index contributed by atoms with van der Waals surface area (Å²) in [5, 5.41) is 2.69. The Bertz CT molecular complexity index is 1700. The average molecular weight is 502 g/mol. The summed E-state index contributed by atoms with van der Waals surface area (Å²) in [4.78, 5) is 16.2. The fourth-order valence-electron chi connectivity index (χ4n) is 4.34. The summed E-state index contributed by atoms with van der Waals surface area (Å²) in [6.45, 7) is 5.62. The van der Waals surface area contributed by atoms with Gasteiger partial charge in [0.1, 0.15) is 11.2 Å². The van der Waals surface area contributed by atoms with Crippen molar-refractivity contribution in [2.24, 2.45) is 4.99 Å². The van der Waals surface area contributed by atoms with E-state index in [4.69, 9.17) is 14.4 Å². The molecule has 36 heavy (non-hydrogen) atoms. The van der Waals surface area contributed by atoms with Gasteiger partial charge >= 0.3 is 0 Å². The number of anilines is 1. The predicted octanol–water partition coefficient (Wildman–Crippen LogP) is 4.40. The molecular weight excluding hydrogens is 474 g/mol. The molecule has 184 valence electrons. The number of nitrogens with zero attached hydrogens (tertiary/aromatic N) is 4. The zero-order chi connectivity index (χ0) is 25.3. The molecule has 1 N–H and O–H groups in total. The second-order valence-corrected chi connectivity index (χ2v) is 10.5. The standard InChI is InChI=1S/C27H27N5O3S/c1-4-32(14-13-29-36(3,33)34)19-15-18(2)26-23(16-19)35-24-17-22(30-25-11-7-8-12-28-25)20-9-5-6-10-21(20)27(24)31-26/h5-12,15-17,29H,4,13-14H2,1-3H3. The zero-order valence-corrected chi connectivity index (χ0v) is 21.2. The summed E-state index contributed by atoms with van der Waals surface area (Å²) < 4.78 is 31.9. The van der Waals surface area contributed by atoms with Crippen LogP contribution in [-0.4, -0.2) is 44.3 Å². The van der Waals surface area contributed by atoms with Crippen molar-refractivity contribution in [1.82, 2.24) is 14.7 Å². The molecule has 0 fully saturated rings. The van der Waals surface area contributed by atoms with Gasteiger partial charge in [0.05, 0.1) is 11.6 Å². The van der Waals surface area contributed by atoms with E-state index < -0.39 is 10.0 Å². The minimum Gasteiger partial charge on any atom is -0.453 e. The highest BCUT2D eigenvalue weighted by atomic mass is 32.2. The number of aryl methyl sites for hydroxylation is 1. The Labute approximate surface area is 209 Å². The van der Waals surface area contributed by atoms with Crippen molar-refractivity contribution >= 4 is 43.4 Å². The summed E-state index contributed by atoms with van der Waals surface area (Å²) in [5.74, 6) is 1.25. The third-order valence-corrected chi connectivity index (χ3v) is 6.76. The monoisotopic (exact) mass is 501 g/mol. The molecule has 2 aromatic carbocycles. The van der Waals surface area contributed by atoms with Crippen molar-refractivity contribution in [3.63, 3.8) is 0 Å². The topological polar surface area (TPSA) is 101 Å². The molecule has 5 rings (SSSR count). The van der Waals surface area contributed by atoms with E-state index in [1.165, 1.54) is 0 Å². The van der Waals surface area contributed by atoms with Crippen LogP contribution in [0.25, 0.3) is 33.3 Å². The Kier molecular flexibility index (Phi) is 6.42. The second kappa shape index (κ2) is 9.67. The number of pyridine rings is 1. The summed E-state index contributed by atoms with van der Waals surface area (Å²) in [6, 6.07) is 19.6. The van der Waals surface area contributed by atoms with Crippen LogP contribution < -0.4 is 15.0 Å². The lowest BCUT2D eigenvalue weighted by Gasteiger charge is -2.24. The van der Waals surface area contributed by atoms with Crippen molar-refractivity contribution in [2.45, 2.75) is 13.8 Å². The fourth-order valence-corrected chi connectivity index (χ4v) is 4.81. The SMILES string of the molecule is CCN(CCNS(C)(=O)=O)c1cc(C)c2nc3c4ccccc4c(=Nc4ccccn4)cc-3oc2c1. The molecule has 8 nitrogen and oxygen atoms in total. The Morgan fingerprint density at radius 2 is 1.83 bits per heavy atom. The van der Waals surface area contributed by atoms with Gasteiger partial charge in [0.25, 0.3) is 0 Å². The third kappa shape index (κ3) is 4.93. The Morgan fingerprint density at radius 3 is 2.56 bits per heavy atom. The number of fused-ring (bicyclic) bond motifs is 4. The van der Waals surface area contributed by atoms with Gasteiger partial charge in [0, 0.05) is 54.4 Å². The van der Waals surface area contributed by atoms with Crippen LogP contribution in [-0.2, 0) is 10.0 Å². The van der Waals surface area contributed by atoms with Gasteiger partial charge < -0.3 is 9.32 Å². The number of rotatable bonds is 7. The van der Waals surface area contributed by atoms with Crippen LogP contribution in [0.1, 0.15) is 12.5 Å². The number of benzene rings is 3. The molecule has 1 aromatic heterocycles. The Morgan fingerprint density at radius 1 is 1.06 bits per heavy atom. The number of hydrogen-bond donors (Lipinski definition) is 1. The Hall–Kier alpha value is -3.82. The van der Waals surface area contributed by atoms with E-state index in [-0.39, 0.29) is 0 Å². The van der Waals surface area contributed by atoms with E-state index in [1.54, 1.807) is 6.20 Å². The first-order valence-corrected chi connectivity index (χ1v) is 13.6. The lowest BCUT2D eigenvalue weighted by atomic mass is 10.0. The maximum atomic E-state index is 11.5. The largest absolute Gasteiger partial charge is 0.453 e. The van der Waals surface area contributed by atoms with Crippen molar-refractivity contribution in [3.8, 4) is 11.5 Å². The molecule has 0 unspecified atom stereocenters. The second-order valence-electron chi connectivity index (χ2n) is 8.66. The molecule has 3 aromatic rings. The maximum absolute atomic E-state index is 11.5. The Balaban J connectivity index is 1.66. The molecule has 0 saturated heterocycles. The summed E-state index contributed by atoms with van der Waals surface area (Å²) >= 11 is 0. The highest BCUT2D eigenvalue weighted by molar-refractivity contribution is 7.88. The molecule has 0 saturated carbocycles. The van der Waals surface area contributed by atoms with Crippen molar-refractivity contribution in [2.75, 3.05) is 30.8 Å². The molecule has 9 heteroatoms. The van der Waals surface area contributed by atoms with Crippen LogP contribution in [0.5, 0.6) is 0 Å². The van der Waals surface area contributed by atoms with E-state index in [9.17, 15) is 8.42 Å². The van der Waals surface area contributed by atoms with E-state index in [2.05, 4.69) is 20.7 Å². The summed E-state index contributed by atoms with van der Waals surface area (Å²) in [6.07, 6.45) is 2.88. The molecule has 0 amide bonds. The minimum atomic E-state index is -3.24. The first-order chi connectivity index (χ1) is 17.3. The van der Waals surface area contributed by atoms with Gasteiger partial charge in [-0.2, -0.15) is 0 Å². The van der Waals surface area contributed by atoms with E-state index in [1.807, 2.05) is 68.4 Å². The fraction of sp³-hybridized carbons (Fsp3) is 0.222. The van der Waals surface area contributed by atoms with Crippen LogP contribution in [0.15, 0.2) is 76.3 Å². The third-order valence-electron chi connectivity index (χ3n) is 6.03. The number of aromatic nitrogens is 2. The molecule has 2 aliphatic rings. The summed E-state index contributed by atoms with van der Waals surface area (Å²) in [7, 11) is -3.24.